The predicted molar refractivity (Wildman–Crippen MR) is 154 cm³/mol. The molecule has 1 aliphatic heterocycles. The number of anilines is 1. The van der Waals surface area contributed by atoms with Gasteiger partial charge in [-0.1, -0.05) is 41.9 Å². The Morgan fingerprint density at radius 1 is 0.974 bits per heavy atom. The van der Waals surface area contributed by atoms with Crippen LogP contribution in [0.1, 0.15) is 49.1 Å². The monoisotopic (exact) mass is 547 g/mol. The zero-order chi connectivity index (χ0) is 27.2. The molecule has 1 aromatic heterocycles. The van der Waals surface area contributed by atoms with Gasteiger partial charge in [-0.25, -0.2) is 4.98 Å². The van der Waals surface area contributed by atoms with E-state index in [2.05, 4.69) is 28.1 Å². The molecule has 1 fully saturated rings. The van der Waals surface area contributed by atoms with E-state index in [9.17, 15) is 9.59 Å². The first-order valence-corrected chi connectivity index (χ1v) is 14.5. The minimum Gasteiger partial charge on any atom is -0.338 e. The van der Waals surface area contributed by atoms with Gasteiger partial charge in [-0.3, -0.25) is 14.5 Å². The number of aryl methyl sites for hydroxylation is 2. The fourth-order valence-corrected chi connectivity index (χ4v) is 5.50. The van der Waals surface area contributed by atoms with E-state index in [0.717, 1.165) is 67.4 Å². The summed E-state index contributed by atoms with van der Waals surface area (Å²) in [5, 5.41) is 0.736. The molecular formula is C31H38ClN5O2. The minimum absolute atomic E-state index is 0.124. The predicted octanol–water partition coefficient (Wildman–Crippen LogP) is 5.30. The molecule has 0 spiro atoms. The van der Waals surface area contributed by atoms with Gasteiger partial charge >= 0.3 is 0 Å². The second kappa shape index (κ2) is 12.8. The molecule has 0 unspecified atom stereocenters. The summed E-state index contributed by atoms with van der Waals surface area (Å²) in [5.41, 5.74) is 3.20. The SMILES string of the molecule is Cc1nccn1CCC(=O)N1CCCN(Cc2ccc(Cl)cc2)CCCN(C(=O)C2CC2)c2ccccc2C1. The van der Waals surface area contributed by atoms with Gasteiger partial charge in [0.05, 0.1) is 0 Å². The van der Waals surface area contributed by atoms with Crippen molar-refractivity contribution in [2.24, 2.45) is 5.92 Å². The summed E-state index contributed by atoms with van der Waals surface area (Å²) in [6.07, 6.45) is 7.83. The second-order valence-electron chi connectivity index (χ2n) is 10.7. The Morgan fingerprint density at radius 2 is 1.72 bits per heavy atom. The third-order valence-electron chi connectivity index (χ3n) is 7.76. The number of aromatic nitrogens is 2. The summed E-state index contributed by atoms with van der Waals surface area (Å²) in [5.74, 6) is 1.39. The largest absolute Gasteiger partial charge is 0.338 e. The maximum absolute atomic E-state index is 13.6. The topological polar surface area (TPSA) is 61.7 Å². The highest BCUT2D eigenvalue weighted by molar-refractivity contribution is 6.30. The smallest absolute Gasteiger partial charge is 0.230 e. The van der Waals surface area contributed by atoms with Gasteiger partial charge < -0.3 is 14.4 Å². The Kier molecular flexibility index (Phi) is 8.99. The lowest BCUT2D eigenvalue weighted by atomic mass is 10.1. The molecule has 8 heteroatoms. The summed E-state index contributed by atoms with van der Waals surface area (Å²) in [7, 11) is 0. The van der Waals surface area contributed by atoms with Crippen molar-refractivity contribution in [3.05, 3.63) is 82.9 Å². The zero-order valence-electron chi connectivity index (χ0n) is 22.8. The second-order valence-corrected chi connectivity index (χ2v) is 11.2. The van der Waals surface area contributed by atoms with Crippen LogP contribution in [0.2, 0.25) is 5.02 Å². The van der Waals surface area contributed by atoms with Gasteiger partial charge in [0.25, 0.3) is 0 Å². The van der Waals surface area contributed by atoms with E-state index < -0.39 is 0 Å². The first-order chi connectivity index (χ1) is 19.0. The van der Waals surface area contributed by atoms with Crippen LogP contribution in [0.15, 0.2) is 60.9 Å². The maximum Gasteiger partial charge on any atom is 0.230 e. The average molecular weight is 548 g/mol. The molecule has 0 N–H and O–H groups in total. The van der Waals surface area contributed by atoms with Crippen LogP contribution in [0.5, 0.6) is 0 Å². The van der Waals surface area contributed by atoms with E-state index in [1.807, 2.05) is 57.8 Å². The highest BCUT2D eigenvalue weighted by Crippen LogP contribution is 2.34. The summed E-state index contributed by atoms with van der Waals surface area (Å²) in [4.78, 5) is 37.7. The number of fused-ring (bicyclic) bond motifs is 1. The maximum atomic E-state index is 13.6. The van der Waals surface area contributed by atoms with Gasteiger partial charge in [0.1, 0.15) is 5.82 Å². The van der Waals surface area contributed by atoms with Crippen LogP contribution in [-0.4, -0.2) is 57.3 Å². The van der Waals surface area contributed by atoms with Crippen molar-refractivity contribution in [2.75, 3.05) is 31.1 Å². The first-order valence-electron chi connectivity index (χ1n) is 14.1. The highest BCUT2D eigenvalue weighted by atomic mass is 35.5. The van der Waals surface area contributed by atoms with Crippen molar-refractivity contribution in [3.63, 3.8) is 0 Å². The molecule has 0 atom stereocenters. The van der Waals surface area contributed by atoms with Gasteiger partial charge in [0.2, 0.25) is 11.8 Å². The Bertz CT molecular complexity index is 1270. The van der Waals surface area contributed by atoms with Gasteiger partial charge in [-0.15, -0.1) is 0 Å². The van der Waals surface area contributed by atoms with E-state index >= 15 is 0 Å². The van der Waals surface area contributed by atoms with Crippen LogP contribution < -0.4 is 4.90 Å². The number of amides is 2. The number of hydrogen-bond donors (Lipinski definition) is 0. The number of imidazole rings is 1. The Balaban J connectivity index is 1.38. The van der Waals surface area contributed by atoms with Crippen molar-refractivity contribution >= 4 is 29.1 Å². The standard InChI is InChI=1S/C31H38ClN5O2/c1-24-33-15-21-35(24)20-14-30(38)36-18-4-16-34(22-25-8-12-28(32)13-9-25)17-5-19-37(31(39)26-10-11-26)29-7-3-2-6-27(29)23-36/h2-3,6-9,12-13,15,21,26H,4-5,10-11,14,16-20,22-23H2,1H3. The molecule has 1 aliphatic carbocycles. The molecule has 206 valence electrons. The first kappa shape index (κ1) is 27.4. The summed E-state index contributed by atoms with van der Waals surface area (Å²) >= 11 is 6.11. The normalized spacial score (nSPS) is 17.3. The van der Waals surface area contributed by atoms with Gasteiger partial charge in [-0.2, -0.15) is 0 Å². The summed E-state index contributed by atoms with van der Waals surface area (Å²) in [6, 6.07) is 16.1. The van der Waals surface area contributed by atoms with Crippen molar-refractivity contribution < 1.29 is 9.59 Å². The third kappa shape index (κ3) is 7.28. The van der Waals surface area contributed by atoms with E-state index in [0.29, 0.717) is 32.6 Å². The molecule has 0 saturated heterocycles. The molecule has 1 saturated carbocycles. The fraction of sp³-hybridized carbons (Fsp3) is 0.452. The lowest BCUT2D eigenvalue weighted by Crippen LogP contribution is -2.39. The Labute approximate surface area is 236 Å². The fourth-order valence-electron chi connectivity index (χ4n) is 5.38. The lowest BCUT2D eigenvalue weighted by molar-refractivity contribution is -0.132. The van der Waals surface area contributed by atoms with E-state index in [1.54, 1.807) is 6.20 Å². The molecule has 5 rings (SSSR count). The van der Waals surface area contributed by atoms with Crippen LogP contribution in [-0.2, 0) is 29.2 Å². The molecule has 0 bridgehead atoms. The van der Waals surface area contributed by atoms with Crippen molar-refractivity contribution in [3.8, 4) is 0 Å². The average Bonchev–Trinajstić information content (AvgIpc) is 3.71. The van der Waals surface area contributed by atoms with Crippen molar-refractivity contribution in [1.82, 2.24) is 19.4 Å². The van der Waals surface area contributed by atoms with E-state index in [-0.39, 0.29) is 17.7 Å². The molecule has 7 nitrogen and oxygen atoms in total. The Hall–Kier alpha value is -3.16. The van der Waals surface area contributed by atoms with Crippen molar-refractivity contribution in [2.45, 2.75) is 58.7 Å². The van der Waals surface area contributed by atoms with E-state index in [1.165, 1.54) is 5.56 Å². The molecule has 0 radical (unpaired) electrons. The number of rotatable bonds is 6. The number of halogens is 1. The van der Waals surface area contributed by atoms with Crippen LogP contribution in [0.4, 0.5) is 5.69 Å². The van der Waals surface area contributed by atoms with Crippen LogP contribution in [0, 0.1) is 12.8 Å². The molecule has 39 heavy (non-hydrogen) atoms. The van der Waals surface area contributed by atoms with Crippen LogP contribution in [0.3, 0.4) is 0 Å². The third-order valence-corrected chi connectivity index (χ3v) is 8.01. The van der Waals surface area contributed by atoms with Gasteiger partial charge in [0.15, 0.2) is 0 Å². The minimum atomic E-state index is 0.124. The number of nitrogens with zero attached hydrogens (tertiary/aromatic N) is 5. The number of hydrogen-bond acceptors (Lipinski definition) is 4. The number of para-hydroxylation sites is 1. The highest BCUT2D eigenvalue weighted by Gasteiger charge is 2.35. The molecule has 2 aromatic carbocycles. The van der Waals surface area contributed by atoms with Crippen LogP contribution >= 0.6 is 11.6 Å². The Morgan fingerprint density at radius 3 is 2.44 bits per heavy atom. The lowest BCUT2D eigenvalue weighted by Gasteiger charge is -2.32. The quantitative estimate of drug-likeness (QED) is 0.420. The number of carbonyl (C=O) groups is 2. The van der Waals surface area contributed by atoms with Crippen LogP contribution in [0.25, 0.3) is 0 Å². The summed E-state index contributed by atoms with van der Waals surface area (Å²) in [6.45, 7) is 7.00. The number of carbonyl (C=O) groups excluding carboxylic acids is 2. The van der Waals surface area contributed by atoms with E-state index in [4.69, 9.17) is 11.6 Å². The molecular weight excluding hydrogens is 510 g/mol. The van der Waals surface area contributed by atoms with Crippen molar-refractivity contribution in [1.29, 1.82) is 0 Å². The summed E-state index contributed by atoms with van der Waals surface area (Å²) < 4.78 is 2.02. The molecule has 2 amide bonds. The number of benzene rings is 2. The zero-order valence-corrected chi connectivity index (χ0v) is 23.5. The van der Waals surface area contributed by atoms with Gasteiger partial charge in [-0.05, 0) is 61.9 Å². The molecule has 2 aliphatic rings. The molecule has 2 heterocycles. The molecule has 3 aromatic rings. The van der Waals surface area contributed by atoms with Gasteiger partial charge in [0, 0.05) is 81.3 Å².